The fourth-order valence-corrected chi connectivity index (χ4v) is 3.39. The number of aryl methyl sites for hydroxylation is 1. The minimum atomic E-state index is -0.629. The SMILES string of the molecule is CC(C)OCCCn1c(=NC(=O)c2ccco2)c(C#N)cc2c(=O)n3ccccc3nc21. The van der Waals surface area contributed by atoms with Crippen molar-refractivity contribution < 1.29 is 13.9 Å². The number of hydrogen-bond donors (Lipinski definition) is 0. The van der Waals surface area contributed by atoms with E-state index in [9.17, 15) is 14.9 Å². The minimum Gasteiger partial charge on any atom is -0.459 e. The molecule has 0 fully saturated rings. The number of rotatable bonds is 6. The number of pyridine rings is 2. The maximum atomic E-state index is 13.1. The minimum absolute atomic E-state index is 0.0511. The second-order valence-corrected chi connectivity index (χ2v) is 7.40. The van der Waals surface area contributed by atoms with Crippen molar-refractivity contribution in [2.45, 2.75) is 32.9 Å². The van der Waals surface area contributed by atoms with E-state index in [4.69, 9.17) is 9.15 Å². The van der Waals surface area contributed by atoms with Gasteiger partial charge in [-0.25, -0.2) is 4.98 Å². The average Bonchev–Trinajstić information content (AvgIpc) is 3.33. The molecule has 0 aliphatic rings. The normalized spacial score (nSPS) is 12.0. The van der Waals surface area contributed by atoms with Crippen molar-refractivity contribution in [1.29, 1.82) is 5.26 Å². The van der Waals surface area contributed by atoms with E-state index in [1.807, 2.05) is 13.8 Å². The summed E-state index contributed by atoms with van der Waals surface area (Å²) in [6.45, 7) is 4.69. The average molecular weight is 431 g/mol. The largest absolute Gasteiger partial charge is 0.459 e. The molecule has 0 atom stereocenters. The van der Waals surface area contributed by atoms with Crippen LogP contribution < -0.4 is 11.0 Å². The number of carbonyl (C=O) groups excluding carboxylic acids is 1. The van der Waals surface area contributed by atoms with Crippen LogP contribution in [-0.4, -0.2) is 32.6 Å². The Kier molecular flexibility index (Phi) is 5.96. The van der Waals surface area contributed by atoms with Crippen LogP contribution in [0.4, 0.5) is 0 Å². The molecule has 0 N–H and O–H groups in total. The lowest BCUT2D eigenvalue weighted by molar-refractivity contribution is 0.0748. The number of furan rings is 1. The molecule has 4 aromatic heterocycles. The van der Waals surface area contributed by atoms with E-state index < -0.39 is 5.91 Å². The number of carbonyl (C=O) groups is 1. The van der Waals surface area contributed by atoms with Gasteiger partial charge in [-0.05, 0) is 50.6 Å². The van der Waals surface area contributed by atoms with Gasteiger partial charge in [0.1, 0.15) is 17.4 Å². The molecule has 0 bridgehead atoms. The summed E-state index contributed by atoms with van der Waals surface area (Å²) in [5.74, 6) is -0.578. The van der Waals surface area contributed by atoms with Gasteiger partial charge in [0.05, 0.1) is 23.3 Å². The Morgan fingerprint density at radius 3 is 2.88 bits per heavy atom. The fourth-order valence-electron chi connectivity index (χ4n) is 3.39. The summed E-state index contributed by atoms with van der Waals surface area (Å²) in [5.41, 5.74) is 0.703. The molecular formula is C23H21N5O4. The molecule has 0 spiro atoms. The van der Waals surface area contributed by atoms with Crippen molar-refractivity contribution in [3.63, 3.8) is 0 Å². The van der Waals surface area contributed by atoms with E-state index in [0.29, 0.717) is 30.9 Å². The third-order valence-electron chi connectivity index (χ3n) is 4.83. The van der Waals surface area contributed by atoms with E-state index in [2.05, 4.69) is 16.0 Å². The van der Waals surface area contributed by atoms with Crippen LogP contribution in [0.2, 0.25) is 0 Å². The quantitative estimate of drug-likeness (QED) is 0.342. The van der Waals surface area contributed by atoms with E-state index in [1.54, 1.807) is 35.0 Å². The monoisotopic (exact) mass is 431 g/mol. The van der Waals surface area contributed by atoms with Crippen molar-refractivity contribution in [3.8, 4) is 6.07 Å². The maximum absolute atomic E-state index is 13.1. The molecule has 0 aromatic carbocycles. The predicted octanol–water partition coefficient (Wildman–Crippen LogP) is 2.67. The first-order valence-electron chi connectivity index (χ1n) is 10.2. The predicted molar refractivity (Wildman–Crippen MR) is 116 cm³/mol. The number of ether oxygens (including phenoxy) is 1. The molecule has 0 aliphatic carbocycles. The molecule has 4 rings (SSSR count). The van der Waals surface area contributed by atoms with Crippen molar-refractivity contribution in [2.75, 3.05) is 6.61 Å². The van der Waals surface area contributed by atoms with Gasteiger partial charge in [0.25, 0.3) is 5.56 Å². The van der Waals surface area contributed by atoms with Crippen LogP contribution >= 0.6 is 0 Å². The Hall–Kier alpha value is -4.03. The van der Waals surface area contributed by atoms with Crippen molar-refractivity contribution in [1.82, 2.24) is 14.0 Å². The Morgan fingerprint density at radius 1 is 1.31 bits per heavy atom. The molecule has 1 amide bonds. The van der Waals surface area contributed by atoms with Gasteiger partial charge >= 0.3 is 5.91 Å². The molecule has 0 aliphatic heterocycles. The molecular weight excluding hydrogens is 410 g/mol. The molecule has 0 saturated carbocycles. The summed E-state index contributed by atoms with van der Waals surface area (Å²) in [4.78, 5) is 34.6. The van der Waals surface area contributed by atoms with Gasteiger partial charge in [-0.1, -0.05) is 6.07 Å². The number of aromatic nitrogens is 3. The lowest BCUT2D eigenvalue weighted by atomic mass is 10.2. The second-order valence-electron chi connectivity index (χ2n) is 7.40. The molecule has 32 heavy (non-hydrogen) atoms. The maximum Gasteiger partial charge on any atom is 0.314 e. The molecule has 0 radical (unpaired) electrons. The van der Waals surface area contributed by atoms with Crippen LogP contribution in [-0.2, 0) is 11.3 Å². The summed E-state index contributed by atoms with van der Waals surface area (Å²) in [6.07, 6.45) is 3.63. The number of amides is 1. The third kappa shape index (κ3) is 4.08. The van der Waals surface area contributed by atoms with Crippen molar-refractivity contribution in [3.05, 3.63) is 76.0 Å². The van der Waals surface area contributed by atoms with Gasteiger partial charge in [-0.3, -0.25) is 14.0 Å². The number of nitrogens with zero attached hydrogens (tertiary/aromatic N) is 5. The van der Waals surface area contributed by atoms with Crippen LogP contribution in [0.25, 0.3) is 16.7 Å². The van der Waals surface area contributed by atoms with E-state index in [-0.39, 0.29) is 33.9 Å². The van der Waals surface area contributed by atoms with Crippen LogP contribution in [0.15, 0.2) is 63.1 Å². The fraction of sp³-hybridized carbons (Fsp3) is 0.261. The summed E-state index contributed by atoms with van der Waals surface area (Å²) in [6, 6.07) is 11.8. The van der Waals surface area contributed by atoms with Gasteiger partial charge in [0.2, 0.25) is 0 Å². The van der Waals surface area contributed by atoms with Crippen molar-refractivity contribution in [2.24, 2.45) is 4.99 Å². The number of fused-ring (bicyclic) bond motifs is 2. The van der Waals surface area contributed by atoms with Gasteiger partial charge < -0.3 is 13.7 Å². The van der Waals surface area contributed by atoms with E-state index in [0.717, 1.165) is 0 Å². The standard InChI is InChI=1S/C23H21N5O4/c1-15(2)31-12-6-10-28-20(26-22(29)18-7-5-11-32-18)16(14-24)13-17-21(28)25-19-8-3-4-9-27(19)23(17)30/h3-5,7-9,11,13,15H,6,10,12H2,1-2H3. The van der Waals surface area contributed by atoms with Crippen LogP contribution in [0.1, 0.15) is 36.4 Å². The molecule has 4 aromatic rings. The highest BCUT2D eigenvalue weighted by molar-refractivity contribution is 5.92. The number of nitriles is 1. The Labute approximate surface area is 182 Å². The second kappa shape index (κ2) is 8.99. The third-order valence-corrected chi connectivity index (χ3v) is 4.83. The summed E-state index contributed by atoms with van der Waals surface area (Å²) in [7, 11) is 0. The van der Waals surface area contributed by atoms with Gasteiger partial charge in [0, 0.05) is 19.3 Å². The Morgan fingerprint density at radius 2 is 2.16 bits per heavy atom. The van der Waals surface area contributed by atoms with Crippen LogP contribution in [0.3, 0.4) is 0 Å². The first-order chi connectivity index (χ1) is 15.5. The Bertz CT molecular complexity index is 1460. The van der Waals surface area contributed by atoms with Gasteiger partial charge in [-0.2, -0.15) is 10.3 Å². The molecule has 0 saturated heterocycles. The smallest absolute Gasteiger partial charge is 0.314 e. The lowest BCUT2D eigenvalue weighted by Crippen LogP contribution is -2.30. The summed E-state index contributed by atoms with van der Waals surface area (Å²) in [5, 5.41) is 10.0. The zero-order chi connectivity index (χ0) is 22.7. The molecule has 9 nitrogen and oxygen atoms in total. The van der Waals surface area contributed by atoms with E-state index >= 15 is 0 Å². The van der Waals surface area contributed by atoms with Crippen LogP contribution in [0, 0.1) is 11.3 Å². The van der Waals surface area contributed by atoms with Gasteiger partial charge in [0.15, 0.2) is 11.2 Å². The highest BCUT2D eigenvalue weighted by Gasteiger charge is 2.16. The lowest BCUT2D eigenvalue weighted by Gasteiger charge is -2.14. The zero-order valence-electron chi connectivity index (χ0n) is 17.7. The first kappa shape index (κ1) is 21.2. The first-order valence-corrected chi connectivity index (χ1v) is 10.2. The topological polar surface area (TPSA) is 115 Å². The number of hydrogen-bond acceptors (Lipinski definition) is 6. The molecule has 4 heterocycles. The van der Waals surface area contributed by atoms with Gasteiger partial charge in [-0.15, -0.1) is 0 Å². The summed E-state index contributed by atoms with van der Waals surface area (Å²) >= 11 is 0. The summed E-state index contributed by atoms with van der Waals surface area (Å²) < 4.78 is 13.8. The highest BCUT2D eigenvalue weighted by Crippen LogP contribution is 2.11. The van der Waals surface area contributed by atoms with Crippen LogP contribution in [0.5, 0.6) is 0 Å². The molecule has 0 unspecified atom stereocenters. The van der Waals surface area contributed by atoms with Crippen molar-refractivity contribution >= 4 is 22.6 Å². The molecule has 9 heteroatoms. The Balaban J connectivity index is 1.98. The zero-order valence-corrected chi connectivity index (χ0v) is 17.7. The molecule has 162 valence electrons. The van der Waals surface area contributed by atoms with E-state index in [1.165, 1.54) is 22.8 Å². The highest BCUT2D eigenvalue weighted by atomic mass is 16.5.